The molecule has 0 aliphatic heterocycles. The summed E-state index contributed by atoms with van der Waals surface area (Å²) in [5.41, 5.74) is 2.87. The Hall–Kier alpha value is -1.35. The van der Waals surface area contributed by atoms with E-state index in [1.54, 1.807) is 0 Å². The molecule has 0 spiro atoms. The molecule has 3 nitrogen and oxygen atoms in total. The molecule has 3 heteroatoms. The van der Waals surface area contributed by atoms with Crippen molar-refractivity contribution in [3.8, 4) is 0 Å². The minimum atomic E-state index is 0.0138. The molecule has 76 valence electrons. The van der Waals surface area contributed by atoms with Gasteiger partial charge in [-0.3, -0.25) is 5.10 Å². The van der Waals surface area contributed by atoms with E-state index < -0.39 is 0 Å². The minimum Gasteiger partial charge on any atom is -0.390 e. The largest absolute Gasteiger partial charge is 0.390 e. The van der Waals surface area contributed by atoms with E-state index in [-0.39, 0.29) is 6.61 Å². The van der Waals surface area contributed by atoms with Crippen molar-refractivity contribution in [2.75, 3.05) is 0 Å². The zero-order chi connectivity index (χ0) is 10.6. The lowest BCUT2D eigenvalue weighted by Gasteiger charge is -1.93. The van der Waals surface area contributed by atoms with Gasteiger partial charge in [0.1, 0.15) is 0 Å². The predicted octanol–water partition coefficient (Wildman–Crippen LogP) is 2.39. The SMILES string of the molecule is CC.Cc1ccc2n[nH]c(CO)c2c1. The molecule has 14 heavy (non-hydrogen) atoms. The fraction of sp³-hybridized carbons (Fsp3) is 0.364. The second-order valence-corrected chi connectivity index (χ2v) is 2.88. The summed E-state index contributed by atoms with van der Waals surface area (Å²) >= 11 is 0. The maximum atomic E-state index is 8.94. The molecule has 0 saturated heterocycles. The second kappa shape index (κ2) is 4.77. The molecule has 0 aliphatic carbocycles. The van der Waals surface area contributed by atoms with Gasteiger partial charge in [0.15, 0.2) is 0 Å². The second-order valence-electron chi connectivity index (χ2n) is 2.88. The Balaban J connectivity index is 0.000000461. The Morgan fingerprint density at radius 1 is 1.36 bits per heavy atom. The van der Waals surface area contributed by atoms with Crippen LogP contribution >= 0.6 is 0 Å². The lowest BCUT2D eigenvalue weighted by molar-refractivity contribution is 0.278. The fourth-order valence-electron chi connectivity index (χ4n) is 1.30. The molecule has 1 heterocycles. The number of aromatic amines is 1. The smallest absolute Gasteiger partial charge is 0.0924 e. The molecule has 1 aromatic heterocycles. The lowest BCUT2D eigenvalue weighted by atomic mass is 10.1. The molecule has 2 N–H and O–H groups in total. The van der Waals surface area contributed by atoms with E-state index >= 15 is 0 Å². The summed E-state index contributed by atoms with van der Waals surface area (Å²) in [7, 11) is 0. The summed E-state index contributed by atoms with van der Waals surface area (Å²) in [5.74, 6) is 0. The molecule has 0 aliphatic rings. The average molecular weight is 192 g/mol. The standard InChI is InChI=1S/C9H10N2O.C2H6/c1-6-2-3-8-7(4-6)9(5-12)11-10-8;1-2/h2-4,12H,5H2,1H3,(H,10,11);1-2H3. The van der Waals surface area contributed by atoms with Gasteiger partial charge in [0.25, 0.3) is 0 Å². The van der Waals surface area contributed by atoms with Gasteiger partial charge in [0, 0.05) is 5.39 Å². The van der Waals surface area contributed by atoms with Gasteiger partial charge in [-0.25, -0.2) is 0 Å². The summed E-state index contributed by atoms with van der Waals surface area (Å²) in [6.45, 7) is 6.04. The Labute approximate surface area is 83.8 Å². The highest BCUT2D eigenvalue weighted by Crippen LogP contribution is 2.16. The van der Waals surface area contributed by atoms with Crippen LogP contribution in [0.4, 0.5) is 0 Å². The zero-order valence-corrected chi connectivity index (χ0v) is 8.83. The van der Waals surface area contributed by atoms with Crippen molar-refractivity contribution in [3.05, 3.63) is 29.5 Å². The van der Waals surface area contributed by atoms with E-state index in [0.29, 0.717) is 0 Å². The van der Waals surface area contributed by atoms with Gasteiger partial charge < -0.3 is 5.11 Å². The van der Waals surface area contributed by atoms with Gasteiger partial charge in [-0.1, -0.05) is 25.5 Å². The topological polar surface area (TPSA) is 48.9 Å². The third kappa shape index (κ3) is 1.93. The monoisotopic (exact) mass is 192 g/mol. The minimum absolute atomic E-state index is 0.0138. The number of aliphatic hydroxyl groups is 1. The van der Waals surface area contributed by atoms with E-state index in [1.807, 2.05) is 39.0 Å². The molecule has 0 saturated carbocycles. The van der Waals surface area contributed by atoms with E-state index in [2.05, 4.69) is 10.2 Å². The van der Waals surface area contributed by atoms with Crippen LogP contribution < -0.4 is 0 Å². The molecule has 0 atom stereocenters. The van der Waals surface area contributed by atoms with E-state index in [1.165, 1.54) is 5.56 Å². The molecule has 0 amide bonds. The Bertz CT molecular complexity index is 407. The molecular weight excluding hydrogens is 176 g/mol. The van der Waals surface area contributed by atoms with E-state index in [0.717, 1.165) is 16.6 Å². The molecule has 0 unspecified atom stereocenters. The van der Waals surface area contributed by atoms with Gasteiger partial charge in [-0.15, -0.1) is 0 Å². The van der Waals surface area contributed by atoms with Crippen LogP contribution in [0.2, 0.25) is 0 Å². The zero-order valence-electron chi connectivity index (χ0n) is 8.83. The normalized spacial score (nSPS) is 9.71. The number of rotatable bonds is 1. The number of fused-ring (bicyclic) bond motifs is 1. The average Bonchev–Trinajstić information content (AvgIpc) is 2.63. The van der Waals surface area contributed by atoms with Gasteiger partial charge in [-0.2, -0.15) is 5.10 Å². The number of benzene rings is 1. The van der Waals surface area contributed by atoms with Crippen LogP contribution in [0.25, 0.3) is 10.9 Å². The molecule has 2 rings (SSSR count). The van der Waals surface area contributed by atoms with Crippen LogP contribution in [-0.2, 0) is 6.61 Å². The van der Waals surface area contributed by atoms with Crippen LogP contribution in [0.3, 0.4) is 0 Å². The van der Waals surface area contributed by atoms with E-state index in [9.17, 15) is 0 Å². The van der Waals surface area contributed by atoms with Crippen molar-refractivity contribution in [2.24, 2.45) is 0 Å². The predicted molar refractivity (Wildman–Crippen MR) is 58.1 cm³/mol. The van der Waals surface area contributed by atoms with Crippen LogP contribution in [0.1, 0.15) is 25.1 Å². The fourth-order valence-corrected chi connectivity index (χ4v) is 1.30. The number of nitrogens with zero attached hydrogens (tertiary/aromatic N) is 1. The van der Waals surface area contributed by atoms with E-state index in [4.69, 9.17) is 5.11 Å². The van der Waals surface area contributed by atoms with Gasteiger partial charge in [0.2, 0.25) is 0 Å². The Morgan fingerprint density at radius 2 is 2.07 bits per heavy atom. The van der Waals surface area contributed by atoms with Gasteiger partial charge in [0.05, 0.1) is 17.8 Å². The van der Waals surface area contributed by atoms with Crippen molar-refractivity contribution in [1.82, 2.24) is 10.2 Å². The number of nitrogens with one attached hydrogen (secondary N) is 1. The molecule has 0 bridgehead atoms. The highest BCUT2D eigenvalue weighted by atomic mass is 16.3. The number of hydrogen-bond donors (Lipinski definition) is 2. The molecule has 0 radical (unpaired) electrons. The number of aliphatic hydroxyl groups excluding tert-OH is 1. The highest BCUT2D eigenvalue weighted by molar-refractivity contribution is 5.81. The maximum Gasteiger partial charge on any atom is 0.0924 e. The maximum absolute atomic E-state index is 8.94. The van der Waals surface area contributed by atoms with Gasteiger partial charge in [-0.05, 0) is 19.1 Å². The summed E-state index contributed by atoms with van der Waals surface area (Å²) in [5, 5.41) is 16.8. The third-order valence-corrected chi connectivity index (χ3v) is 1.95. The third-order valence-electron chi connectivity index (χ3n) is 1.95. The summed E-state index contributed by atoms with van der Waals surface area (Å²) in [6.07, 6.45) is 0. The quantitative estimate of drug-likeness (QED) is 0.728. The molecule has 2 aromatic rings. The van der Waals surface area contributed by atoms with Gasteiger partial charge >= 0.3 is 0 Å². The van der Waals surface area contributed by atoms with Crippen LogP contribution in [0.15, 0.2) is 18.2 Å². The van der Waals surface area contributed by atoms with Crippen molar-refractivity contribution in [3.63, 3.8) is 0 Å². The molecule has 1 aromatic carbocycles. The number of hydrogen-bond acceptors (Lipinski definition) is 2. The number of aromatic nitrogens is 2. The Kier molecular flexibility index (Phi) is 3.65. The van der Waals surface area contributed by atoms with Crippen LogP contribution in [0, 0.1) is 6.92 Å². The number of H-pyrrole nitrogens is 1. The Morgan fingerprint density at radius 3 is 2.71 bits per heavy atom. The first-order valence-electron chi connectivity index (χ1n) is 4.86. The van der Waals surface area contributed by atoms with Crippen LogP contribution in [0.5, 0.6) is 0 Å². The first-order valence-corrected chi connectivity index (χ1v) is 4.86. The van der Waals surface area contributed by atoms with Crippen molar-refractivity contribution >= 4 is 10.9 Å². The van der Waals surface area contributed by atoms with Crippen molar-refractivity contribution < 1.29 is 5.11 Å². The summed E-state index contributed by atoms with van der Waals surface area (Å²) < 4.78 is 0. The number of aryl methyl sites for hydroxylation is 1. The molecular formula is C11H16N2O. The first kappa shape index (κ1) is 10.7. The van der Waals surface area contributed by atoms with Crippen molar-refractivity contribution in [2.45, 2.75) is 27.4 Å². The highest BCUT2D eigenvalue weighted by Gasteiger charge is 2.02. The first-order chi connectivity index (χ1) is 6.81. The summed E-state index contributed by atoms with van der Waals surface area (Å²) in [6, 6.07) is 5.97. The molecule has 0 fully saturated rings. The van der Waals surface area contributed by atoms with Crippen molar-refractivity contribution in [1.29, 1.82) is 0 Å². The summed E-state index contributed by atoms with van der Waals surface area (Å²) in [4.78, 5) is 0. The van der Waals surface area contributed by atoms with Crippen LogP contribution in [-0.4, -0.2) is 15.3 Å². The lowest BCUT2D eigenvalue weighted by Crippen LogP contribution is -1.82.